The first-order valence-corrected chi connectivity index (χ1v) is 10.7. The number of rotatable bonds is 4. The molecule has 1 saturated carbocycles. The summed E-state index contributed by atoms with van der Waals surface area (Å²) in [6, 6.07) is 10.5. The molecular formula is C23H34N2O. The molecule has 3 heteroatoms. The van der Waals surface area contributed by atoms with Gasteiger partial charge in [0.25, 0.3) is 0 Å². The van der Waals surface area contributed by atoms with Crippen molar-refractivity contribution in [1.29, 1.82) is 0 Å². The largest absolute Gasteiger partial charge is 0.342 e. The van der Waals surface area contributed by atoms with E-state index in [0.29, 0.717) is 5.91 Å². The molecule has 3 nitrogen and oxygen atoms in total. The van der Waals surface area contributed by atoms with Gasteiger partial charge in [0, 0.05) is 19.6 Å². The van der Waals surface area contributed by atoms with Crippen LogP contribution in [0.4, 0.5) is 0 Å². The van der Waals surface area contributed by atoms with E-state index in [0.717, 1.165) is 37.8 Å². The van der Waals surface area contributed by atoms with Gasteiger partial charge in [-0.2, -0.15) is 0 Å². The number of carbonyl (C=O) groups excluding carboxylic acids is 1. The molecule has 26 heavy (non-hydrogen) atoms. The Hall–Kier alpha value is -1.35. The maximum Gasteiger partial charge on any atom is 0.233 e. The van der Waals surface area contributed by atoms with Crippen molar-refractivity contribution in [3.8, 4) is 0 Å². The zero-order valence-corrected chi connectivity index (χ0v) is 16.3. The minimum absolute atomic E-state index is 0.190. The second kappa shape index (κ2) is 7.72. The topological polar surface area (TPSA) is 23.6 Å². The number of benzene rings is 1. The number of hydrogen-bond donors (Lipinski definition) is 0. The van der Waals surface area contributed by atoms with Gasteiger partial charge in [-0.1, -0.05) is 37.3 Å². The van der Waals surface area contributed by atoms with E-state index in [1.807, 2.05) is 6.07 Å². The van der Waals surface area contributed by atoms with Crippen LogP contribution in [0.2, 0.25) is 0 Å². The van der Waals surface area contributed by atoms with Crippen LogP contribution in [0.3, 0.4) is 0 Å². The van der Waals surface area contributed by atoms with Crippen LogP contribution in [-0.2, 0) is 10.2 Å². The molecule has 1 unspecified atom stereocenters. The highest BCUT2D eigenvalue weighted by atomic mass is 16.2. The molecule has 142 valence electrons. The van der Waals surface area contributed by atoms with E-state index in [1.165, 1.54) is 57.3 Å². The molecule has 0 radical (unpaired) electrons. The summed E-state index contributed by atoms with van der Waals surface area (Å²) in [5.74, 6) is 2.07. The first-order chi connectivity index (χ1) is 12.7. The predicted molar refractivity (Wildman–Crippen MR) is 106 cm³/mol. The highest BCUT2D eigenvalue weighted by Crippen LogP contribution is 2.49. The Morgan fingerprint density at radius 2 is 1.73 bits per heavy atom. The van der Waals surface area contributed by atoms with Crippen molar-refractivity contribution < 1.29 is 4.79 Å². The van der Waals surface area contributed by atoms with Gasteiger partial charge in [-0.15, -0.1) is 0 Å². The summed E-state index contributed by atoms with van der Waals surface area (Å²) < 4.78 is 0. The minimum atomic E-state index is -0.190. The quantitative estimate of drug-likeness (QED) is 0.813. The van der Waals surface area contributed by atoms with Gasteiger partial charge in [0.1, 0.15) is 0 Å². The lowest BCUT2D eigenvalue weighted by molar-refractivity contribution is -0.134. The lowest BCUT2D eigenvalue weighted by Gasteiger charge is -2.33. The smallest absolute Gasteiger partial charge is 0.233 e. The fraction of sp³-hybridized carbons (Fsp3) is 0.696. The van der Waals surface area contributed by atoms with Crippen molar-refractivity contribution in [3.63, 3.8) is 0 Å². The highest BCUT2D eigenvalue weighted by Gasteiger charge is 2.52. The zero-order chi connectivity index (χ0) is 18.0. The van der Waals surface area contributed by atoms with Crippen molar-refractivity contribution in [2.45, 2.75) is 57.3 Å². The number of piperidine rings is 1. The number of amides is 1. The van der Waals surface area contributed by atoms with Crippen LogP contribution in [0, 0.1) is 11.8 Å². The Labute approximate surface area is 158 Å². The molecule has 2 aliphatic heterocycles. The van der Waals surface area contributed by atoms with Crippen LogP contribution in [0.1, 0.15) is 57.4 Å². The molecule has 2 saturated heterocycles. The molecule has 0 aromatic heterocycles. The number of hydrogen-bond acceptors (Lipinski definition) is 2. The standard InChI is InChI=1S/C23H34N2O/c1-19-9-15-24(16-10-19)18-20-6-5-14-25(17-11-20)22(26)23(12-13-23)21-7-3-2-4-8-21/h2-4,7-8,19-20H,5-6,9-18H2,1H3. The van der Waals surface area contributed by atoms with E-state index in [2.05, 4.69) is 41.0 Å². The second-order valence-electron chi connectivity index (χ2n) is 9.02. The van der Waals surface area contributed by atoms with Gasteiger partial charge in [0.05, 0.1) is 5.41 Å². The summed E-state index contributed by atoms with van der Waals surface area (Å²) in [4.78, 5) is 18.2. The van der Waals surface area contributed by atoms with Gasteiger partial charge in [0.15, 0.2) is 0 Å². The minimum Gasteiger partial charge on any atom is -0.342 e. The number of nitrogens with zero attached hydrogens (tertiary/aromatic N) is 2. The van der Waals surface area contributed by atoms with E-state index in [1.54, 1.807) is 0 Å². The third kappa shape index (κ3) is 3.83. The molecule has 1 amide bonds. The Bertz CT molecular complexity index is 602. The van der Waals surface area contributed by atoms with Gasteiger partial charge < -0.3 is 9.80 Å². The lowest BCUT2D eigenvalue weighted by Crippen LogP contribution is -2.40. The van der Waals surface area contributed by atoms with Crippen LogP contribution in [0.5, 0.6) is 0 Å². The van der Waals surface area contributed by atoms with Gasteiger partial charge in [0.2, 0.25) is 5.91 Å². The highest BCUT2D eigenvalue weighted by molar-refractivity contribution is 5.91. The SMILES string of the molecule is CC1CCN(CC2CCCN(C(=O)C3(c4ccccc4)CC3)CC2)CC1. The van der Waals surface area contributed by atoms with Crippen LogP contribution >= 0.6 is 0 Å². The molecule has 1 aromatic carbocycles. The molecule has 3 aliphatic rings. The molecule has 0 N–H and O–H groups in total. The third-order valence-electron chi connectivity index (χ3n) is 7.01. The zero-order valence-electron chi connectivity index (χ0n) is 16.3. The second-order valence-corrected chi connectivity index (χ2v) is 9.02. The van der Waals surface area contributed by atoms with Crippen molar-refractivity contribution in [2.75, 3.05) is 32.7 Å². The van der Waals surface area contributed by atoms with Gasteiger partial charge in [-0.05, 0) is 75.4 Å². The number of likely N-dealkylation sites (tertiary alicyclic amines) is 2. The fourth-order valence-electron chi connectivity index (χ4n) is 4.97. The summed E-state index contributed by atoms with van der Waals surface area (Å²) in [5.41, 5.74) is 1.04. The summed E-state index contributed by atoms with van der Waals surface area (Å²) in [7, 11) is 0. The van der Waals surface area contributed by atoms with Gasteiger partial charge >= 0.3 is 0 Å². The van der Waals surface area contributed by atoms with Crippen molar-refractivity contribution in [2.24, 2.45) is 11.8 Å². The van der Waals surface area contributed by atoms with E-state index in [4.69, 9.17) is 0 Å². The average Bonchev–Trinajstić information content (AvgIpc) is 3.49. The normalized spacial score (nSPS) is 27.1. The summed E-state index contributed by atoms with van der Waals surface area (Å²) >= 11 is 0. The predicted octanol–water partition coefficient (Wildman–Crippen LogP) is 4.08. The molecule has 2 heterocycles. The molecule has 1 atom stereocenters. The summed E-state index contributed by atoms with van der Waals surface area (Å²) in [5, 5.41) is 0. The van der Waals surface area contributed by atoms with Crippen LogP contribution in [0.25, 0.3) is 0 Å². The van der Waals surface area contributed by atoms with Crippen LogP contribution < -0.4 is 0 Å². The van der Waals surface area contributed by atoms with Crippen molar-refractivity contribution in [1.82, 2.24) is 9.80 Å². The maximum atomic E-state index is 13.3. The fourth-order valence-corrected chi connectivity index (χ4v) is 4.97. The Kier molecular flexibility index (Phi) is 5.35. The lowest BCUT2D eigenvalue weighted by atomic mass is 9.94. The van der Waals surface area contributed by atoms with Crippen molar-refractivity contribution >= 4 is 5.91 Å². The maximum absolute atomic E-state index is 13.3. The van der Waals surface area contributed by atoms with Crippen LogP contribution in [-0.4, -0.2) is 48.4 Å². The van der Waals surface area contributed by atoms with Crippen LogP contribution in [0.15, 0.2) is 30.3 Å². The summed E-state index contributed by atoms with van der Waals surface area (Å²) in [6.45, 7) is 8.10. The molecule has 1 aliphatic carbocycles. The van der Waals surface area contributed by atoms with E-state index in [-0.39, 0.29) is 5.41 Å². The molecular weight excluding hydrogens is 320 g/mol. The first-order valence-electron chi connectivity index (χ1n) is 10.7. The molecule has 0 spiro atoms. The third-order valence-corrected chi connectivity index (χ3v) is 7.01. The Morgan fingerprint density at radius 3 is 2.42 bits per heavy atom. The molecule has 1 aromatic rings. The van der Waals surface area contributed by atoms with Crippen molar-refractivity contribution in [3.05, 3.63) is 35.9 Å². The Morgan fingerprint density at radius 1 is 1.00 bits per heavy atom. The van der Waals surface area contributed by atoms with E-state index in [9.17, 15) is 4.79 Å². The molecule has 3 fully saturated rings. The van der Waals surface area contributed by atoms with Gasteiger partial charge in [-0.3, -0.25) is 4.79 Å². The first kappa shape index (κ1) is 18.0. The monoisotopic (exact) mass is 354 g/mol. The Balaban J connectivity index is 1.33. The molecule has 4 rings (SSSR count). The average molecular weight is 355 g/mol. The van der Waals surface area contributed by atoms with Gasteiger partial charge in [-0.25, -0.2) is 0 Å². The van der Waals surface area contributed by atoms with E-state index < -0.39 is 0 Å². The number of carbonyl (C=O) groups is 1. The summed E-state index contributed by atoms with van der Waals surface area (Å²) in [6.07, 6.45) is 8.42. The molecule has 0 bridgehead atoms. The van der Waals surface area contributed by atoms with E-state index >= 15 is 0 Å².